The number of rotatable bonds is 4. The van der Waals surface area contributed by atoms with E-state index in [0.717, 1.165) is 23.0 Å². The quantitative estimate of drug-likeness (QED) is 0.399. The van der Waals surface area contributed by atoms with Gasteiger partial charge in [-0.2, -0.15) is 10.4 Å². The van der Waals surface area contributed by atoms with Gasteiger partial charge in [-0.1, -0.05) is 74.3 Å². The highest BCUT2D eigenvalue weighted by atomic mass is 35.5. The lowest BCUT2D eigenvalue weighted by molar-refractivity contribution is -0.117. The van der Waals surface area contributed by atoms with Crippen LogP contribution in [0.2, 0.25) is 10.3 Å². The number of hydrogen-bond donors (Lipinski definition) is 0. The van der Waals surface area contributed by atoms with Crippen molar-refractivity contribution >= 4 is 61.9 Å². The summed E-state index contributed by atoms with van der Waals surface area (Å²) in [5, 5.41) is 16.8. The van der Waals surface area contributed by atoms with Crippen molar-refractivity contribution in [3.8, 4) is 17.3 Å². The van der Waals surface area contributed by atoms with E-state index in [2.05, 4.69) is 16.2 Å². The number of carbonyl (C=O) groups excluding carboxylic acids is 1. The largest absolute Gasteiger partial charge is 0.286 e. The zero-order valence-electron chi connectivity index (χ0n) is 16.7. The van der Waals surface area contributed by atoms with Crippen molar-refractivity contribution in [2.45, 2.75) is 20.8 Å². The number of halogens is 2. The molecule has 0 radical (unpaired) electrons. The third-order valence-electron chi connectivity index (χ3n) is 4.10. The molecule has 0 saturated carbocycles. The number of carbonyl (C=O) groups is 1. The zero-order chi connectivity index (χ0) is 22.1. The second-order valence-corrected chi connectivity index (χ2v) is 10.00. The van der Waals surface area contributed by atoms with Crippen LogP contribution in [0.4, 0.5) is 0 Å². The highest BCUT2D eigenvalue weighted by molar-refractivity contribution is 8.21. The fourth-order valence-corrected chi connectivity index (χ4v) is 5.06. The minimum absolute atomic E-state index is 0.124. The first-order chi connectivity index (χ1) is 14.1. The number of aromatic nitrogens is 3. The van der Waals surface area contributed by atoms with E-state index in [1.54, 1.807) is 7.05 Å². The Bertz CT molecular complexity index is 1170. The number of thiazole rings is 1. The summed E-state index contributed by atoms with van der Waals surface area (Å²) in [6, 6.07) is 11.9. The molecule has 0 aliphatic carbocycles. The van der Waals surface area contributed by atoms with Crippen molar-refractivity contribution in [2.24, 2.45) is 12.5 Å². The fraction of sp³-hybridized carbons (Fsp3) is 0.238. The third-order valence-corrected chi connectivity index (χ3v) is 7.06. The summed E-state index contributed by atoms with van der Waals surface area (Å²) >= 11 is 15.0. The first-order valence-corrected chi connectivity index (χ1v) is 11.3. The molecule has 0 bridgehead atoms. The Morgan fingerprint density at radius 1 is 1.23 bits per heavy atom. The first kappa shape index (κ1) is 22.6. The van der Waals surface area contributed by atoms with Crippen LogP contribution >= 0.6 is 46.3 Å². The molecule has 0 unspecified atom stereocenters. The van der Waals surface area contributed by atoms with Gasteiger partial charge in [0.15, 0.2) is 10.3 Å². The Kier molecular flexibility index (Phi) is 6.73. The molecule has 0 saturated heterocycles. The van der Waals surface area contributed by atoms with Crippen LogP contribution in [-0.4, -0.2) is 19.9 Å². The first-order valence-electron chi connectivity index (χ1n) is 8.89. The van der Waals surface area contributed by atoms with Gasteiger partial charge in [-0.25, -0.2) is 4.98 Å². The predicted molar refractivity (Wildman–Crippen MR) is 125 cm³/mol. The van der Waals surface area contributed by atoms with Crippen LogP contribution in [0.15, 0.2) is 35.7 Å². The van der Waals surface area contributed by atoms with Crippen molar-refractivity contribution < 1.29 is 4.79 Å². The second-order valence-electron chi connectivity index (χ2n) is 7.44. The average Bonchev–Trinajstić information content (AvgIpc) is 3.27. The van der Waals surface area contributed by atoms with E-state index in [0.29, 0.717) is 15.5 Å². The molecule has 9 heteroatoms. The van der Waals surface area contributed by atoms with Crippen molar-refractivity contribution in [3.05, 3.63) is 56.6 Å². The fourth-order valence-electron chi connectivity index (χ4n) is 2.46. The number of thioether (sulfide) groups is 1. The Morgan fingerprint density at radius 2 is 1.90 bits per heavy atom. The number of nitrogens with zero attached hydrogens (tertiary/aromatic N) is 4. The SMILES string of the molecule is Cn1nc(Cl)c(C(SC(=O)C(C)(C)C)=C(C#N)c2nc(-c3ccccc3)cs2)c1Cl. The standard InChI is InChI=1S/C21H18Cl2N4OS2/c1-21(2,3)20(28)30-16(15-17(22)26-27(4)18(15)23)13(10-24)19-25-14(11-29-19)12-8-6-5-7-9-12/h5-9,11H,1-4H3. The lowest BCUT2D eigenvalue weighted by Crippen LogP contribution is -2.16. The minimum Gasteiger partial charge on any atom is -0.286 e. The smallest absolute Gasteiger partial charge is 0.199 e. The highest BCUT2D eigenvalue weighted by Crippen LogP contribution is 2.45. The van der Waals surface area contributed by atoms with Crippen molar-refractivity contribution in [3.63, 3.8) is 0 Å². The van der Waals surface area contributed by atoms with Gasteiger partial charge in [-0.05, 0) is 11.8 Å². The molecule has 1 aromatic carbocycles. The van der Waals surface area contributed by atoms with Gasteiger partial charge in [0.2, 0.25) is 0 Å². The Hall–Kier alpha value is -2.11. The monoisotopic (exact) mass is 476 g/mol. The molecule has 0 aliphatic rings. The van der Waals surface area contributed by atoms with E-state index in [-0.39, 0.29) is 21.0 Å². The van der Waals surface area contributed by atoms with Crippen LogP contribution in [0.1, 0.15) is 31.3 Å². The number of allylic oxidation sites excluding steroid dienone is 1. The van der Waals surface area contributed by atoms with Gasteiger partial charge in [-0.3, -0.25) is 9.48 Å². The van der Waals surface area contributed by atoms with Crippen LogP contribution in [0, 0.1) is 16.7 Å². The molecule has 30 heavy (non-hydrogen) atoms. The van der Waals surface area contributed by atoms with E-state index in [4.69, 9.17) is 23.2 Å². The summed E-state index contributed by atoms with van der Waals surface area (Å²) in [7, 11) is 1.65. The average molecular weight is 477 g/mol. The normalized spacial score (nSPS) is 12.4. The number of nitriles is 1. The summed E-state index contributed by atoms with van der Waals surface area (Å²) in [5.41, 5.74) is 1.65. The van der Waals surface area contributed by atoms with Crippen LogP contribution in [0.3, 0.4) is 0 Å². The predicted octanol–water partition coefficient (Wildman–Crippen LogP) is 6.55. The maximum atomic E-state index is 12.8. The lowest BCUT2D eigenvalue weighted by atomic mass is 10.00. The minimum atomic E-state index is -0.629. The van der Waals surface area contributed by atoms with E-state index < -0.39 is 5.41 Å². The molecular weight excluding hydrogens is 459 g/mol. The van der Waals surface area contributed by atoms with Gasteiger partial charge in [0.05, 0.1) is 11.3 Å². The lowest BCUT2D eigenvalue weighted by Gasteiger charge is -2.17. The van der Waals surface area contributed by atoms with Crippen LogP contribution in [0.5, 0.6) is 0 Å². The van der Waals surface area contributed by atoms with Gasteiger partial charge < -0.3 is 0 Å². The van der Waals surface area contributed by atoms with Gasteiger partial charge in [0, 0.05) is 28.3 Å². The van der Waals surface area contributed by atoms with Crippen LogP contribution in [0.25, 0.3) is 21.7 Å². The molecule has 2 aromatic heterocycles. The Balaban J connectivity index is 2.20. The van der Waals surface area contributed by atoms with Gasteiger partial charge in [0.25, 0.3) is 0 Å². The van der Waals surface area contributed by atoms with E-state index in [1.807, 2.05) is 56.5 Å². The molecular formula is C21H18Cl2N4OS2. The summed E-state index contributed by atoms with van der Waals surface area (Å²) in [4.78, 5) is 17.8. The highest BCUT2D eigenvalue weighted by Gasteiger charge is 2.30. The molecule has 0 N–H and O–H groups in total. The van der Waals surface area contributed by atoms with Crippen LogP contribution in [-0.2, 0) is 11.8 Å². The molecule has 0 spiro atoms. The molecule has 2 heterocycles. The summed E-state index contributed by atoms with van der Waals surface area (Å²) < 4.78 is 1.41. The molecule has 0 fully saturated rings. The van der Waals surface area contributed by atoms with Crippen molar-refractivity contribution in [1.82, 2.24) is 14.8 Å². The molecule has 5 nitrogen and oxygen atoms in total. The number of hydrogen-bond acceptors (Lipinski definition) is 6. The van der Waals surface area contributed by atoms with Gasteiger partial charge in [-0.15, -0.1) is 11.3 Å². The van der Waals surface area contributed by atoms with Gasteiger partial charge in [0.1, 0.15) is 21.8 Å². The van der Waals surface area contributed by atoms with E-state index >= 15 is 0 Å². The third kappa shape index (κ3) is 4.62. The summed E-state index contributed by atoms with van der Waals surface area (Å²) in [6.07, 6.45) is 0. The molecule has 154 valence electrons. The molecule has 3 aromatic rings. The second kappa shape index (κ2) is 8.94. The van der Waals surface area contributed by atoms with Crippen LogP contribution < -0.4 is 0 Å². The molecule has 0 aliphatic heterocycles. The van der Waals surface area contributed by atoms with E-state index in [1.165, 1.54) is 16.0 Å². The van der Waals surface area contributed by atoms with Crippen molar-refractivity contribution in [2.75, 3.05) is 0 Å². The van der Waals surface area contributed by atoms with E-state index in [9.17, 15) is 10.1 Å². The summed E-state index contributed by atoms with van der Waals surface area (Å²) in [5.74, 6) is 0. The zero-order valence-corrected chi connectivity index (χ0v) is 19.9. The summed E-state index contributed by atoms with van der Waals surface area (Å²) in [6.45, 7) is 5.44. The maximum absolute atomic E-state index is 12.8. The Labute approximate surface area is 193 Å². The number of benzene rings is 1. The van der Waals surface area contributed by atoms with Crippen molar-refractivity contribution in [1.29, 1.82) is 5.26 Å². The molecule has 0 amide bonds. The maximum Gasteiger partial charge on any atom is 0.199 e. The number of aryl methyl sites for hydroxylation is 1. The topological polar surface area (TPSA) is 71.6 Å². The van der Waals surface area contributed by atoms with Gasteiger partial charge >= 0.3 is 0 Å². The molecule has 0 atom stereocenters. The molecule has 3 rings (SSSR count). The Morgan fingerprint density at radius 3 is 2.43 bits per heavy atom.